The summed E-state index contributed by atoms with van der Waals surface area (Å²) < 4.78 is 5.04. The lowest BCUT2D eigenvalue weighted by molar-refractivity contribution is 0.107. The van der Waals surface area contributed by atoms with Gasteiger partial charge in [-0.25, -0.2) is 0 Å². The highest BCUT2D eigenvalue weighted by Gasteiger charge is 2.22. The van der Waals surface area contributed by atoms with E-state index < -0.39 is 0 Å². The van der Waals surface area contributed by atoms with Gasteiger partial charge in [-0.15, -0.1) is 0 Å². The molecule has 0 aromatic carbocycles. The molecule has 8 heavy (non-hydrogen) atoms. The van der Waals surface area contributed by atoms with Gasteiger partial charge in [-0.1, -0.05) is 0 Å². The maximum absolute atomic E-state index is 5.60. The number of nitrogens with one attached hydrogen (secondary N) is 1. The minimum Gasteiger partial charge on any atom is -0.378 e. The second-order valence-corrected chi connectivity index (χ2v) is 2.10. The highest BCUT2D eigenvalue weighted by molar-refractivity contribution is 4.84. The van der Waals surface area contributed by atoms with E-state index in [9.17, 15) is 0 Å². The van der Waals surface area contributed by atoms with Crippen LogP contribution >= 0.6 is 0 Å². The summed E-state index contributed by atoms with van der Waals surface area (Å²) in [5.74, 6) is 0. The van der Waals surface area contributed by atoms with Crippen molar-refractivity contribution < 1.29 is 4.74 Å². The minimum absolute atomic E-state index is 0.194. The molecule has 0 aromatic rings. The van der Waals surface area contributed by atoms with E-state index in [2.05, 4.69) is 5.32 Å². The topological polar surface area (TPSA) is 47.3 Å². The van der Waals surface area contributed by atoms with Gasteiger partial charge in [0, 0.05) is 26.2 Å². The Morgan fingerprint density at radius 3 is 2.62 bits per heavy atom. The van der Waals surface area contributed by atoms with Gasteiger partial charge in [-0.2, -0.15) is 0 Å². The number of rotatable bonds is 1. The molecule has 1 aliphatic heterocycles. The third-order valence-corrected chi connectivity index (χ3v) is 1.51. The first-order chi connectivity index (χ1) is 3.84. The summed E-state index contributed by atoms with van der Waals surface area (Å²) >= 11 is 0. The van der Waals surface area contributed by atoms with E-state index in [4.69, 9.17) is 10.5 Å². The van der Waals surface area contributed by atoms with Gasteiger partial charge in [0.05, 0.1) is 6.10 Å². The minimum atomic E-state index is 0.194. The Hall–Kier alpha value is -0.120. The van der Waals surface area contributed by atoms with Crippen LogP contribution in [0, 0.1) is 0 Å². The van der Waals surface area contributed by atoms with E-state index in [0.717, 1.165) is 13.1 Å². The van der Waals surface area contributed by atoms with Crippen molar-refractivity contribution in [3.8, 4) is 0 Å². The third-order valence-electron chi connectivity index (χ3n) is 1.51. The van der Waals surface area contributed by atoms with Crippen LogP contribution in [0.4, 0.5) is 0 Å². The number of ether oxygens (including phenoxy) is 1. The fraction of sp³-hybridized carbons (Fsp3) is 1.00. The van der Waals surface area contributed by atoms with Crippen LogP contribution in [-0.4, -0.2) is 32.3 Å². The summed E-state index contributed by atoms with van der Waals surface area (Å²) in [7, 11) is 1.69. The molecule has 1 rings (SSSR count). The Balaban J connectivity index is 2.30. The molecule has 0 aromatic heterocycles. The highest BCUT2D eigenvalue weighted by Crippen LogP contribution is 1.98. The van der Waals surface area contributed by atoms with Gasteiger partial charge in [-0.05, 0) is 0 Å². The van der Waals surface area contributed by atoms with E-state index in [1.54, 1.807) is 7.11 Å². The molecule has 0 spiro atoms. The van der Waals surface area contributed by atoms with Crippen LogP contribution in [-0.2, 0) is 4.74 Å². The lowest BCUT2D eigenvalue weighted by Gasteiger charge is -2.10. The molecule has 0 radical (unpaired) electrons. The molecule has 3 N–H and O–H groups in total. The zero-order valence-corrected chi connectivity index (χ0v) is 5.05. The second kappa shape index (κ2) is 2.44. The summed E-state index contributed by atoms with van der Waals surface area (Å²) in [5.41, 5.74) is 5.60. The summed E-state index contributed by atoms with van der Waals surface area (Å²) in [4.78, 5) is 0. The molecular weight excluding hydrogens is 104 g/mol. The lowest BCUT2D eigenvalue weighted by atomic mass is 10.2. The summed E-state index contributed by atoms with van der Waals surface area (Å²) in [6.45, 7) is 1.79. The molecule has 0 unspecified atom stereocenters. The smallest absolute Gasteiger partial charge is 0.0858 e. The largest absolute Gasteiger partial charge is 0.378 e. The SMILES string of the molecule is CO[C@@H]1CNC[C@H]1N. The first kappa shape index (κ1) is 6.01. The molecule has 1 aliphatic rings. The molecule has 0 saturated carbocycles. The van der Waals surface area contributed by atoms with E-state index in [0.29, 0.717) is 0 Å². The Labute approximate surface area is 49.2 Å². The Bertz CT molecular complexity index is 76.8. The van der Waals surface area contributed by atoms with E-state index in [1.807, 2.05) is 0 Å². The number of hydrogen-bond acceptors (Lipinski definition) is 3. The van der Waals surface area contributed by atoms with E-state index in [1.165, 1.54) is 0 Å². The lowest BCUT2D eigenvalue weighted by Crippen LogP contribution is -2.34. The standard InChI is InChI=1S/C5H12N2O/c1-8-5-3-7-2-4(5)6/h4-5,7H,2-3,6H2,1H3/t4-,5-/m1/s1. The van der Waals surface area contributed by atoms with Crippen molar-refractivity contribution in [2.45, 2.75) is 12.1 Å². The van der Waals surface area contributed by atoms with Crippen LogP contribution in [0.5, 0.6) is 0 Å². The predicted molar refractivity (Wildman–Crippen MR) is 31.6 cm³/mol. The van der Waals surface area contributed by atoms with Crippen LogP contribution < -0.4 is 11.1 Å². The molecule has 48 valence electrons. The molecule has 2 atom stereocenters. The van der Waals surface area contributed by atoms with E-state index >= 15 is 0 Å². The van der Waals surface area contributed by atoms with Crippen molar-refractivity contribution in [1.82, 2.24) is 5.32 Å². The number of nitrogens with two attached hydrogens (primary N) is 1. The van der Waals surface area contributed by atoms with Crippen LogP contribution in [0.1, 0.15) is 0 Å². The zero-order valence-electron chi connectivity index (χ0n) is 5.05. The average molecular weight is 116 g/mol. The number of methoxy groups -OCH3 is 1. The molecule has 1 heterocycles. The Morgan fingerprint density at radius 2 is 2.38 bits per heavy atom. The Kier molecular flexibility index (Phi) is 1.83. The second-order valence-electron chi connectivity index (χ2n) is 2.10. The van der Waals surface area contributed by atoms with Gasteiger partial charge >= 0.3 is 0 Å². The third kappa shape index (κ3) is 0.992. The molecule has 0 aliphatic carbocycles. The quantitative estimate of drug-likeness (QED) is 0.458. The van der Waals surface area contributed by atoms with Crippen molar-refractivity contribution in [3.63, 3.8) is 0 Å². The average Bonchev–Trinajstić information content (AvgIpc) is 2.14. The van der Waals surface area contributed by atoms with Gasteiger partial charge in [0.15, 0.2) is 0 Å². The van der Waals surface area contributed by atoms with Crippen molar-refractivity contribution in [2.24, 2.45) is 5.73 Å². The van der Waals surface area contributed by atoms with Crippen molar-refractivity contribution >= 4 is 0 Å². The normalized spacial score (nSPS) is 38.2. The van der Waals surface area contributed by atoms with Crippen molar-refractivity contribution in [2.75, 3.05) is 20.2 Å². The van der Waals surface area contributed by atoms with Gasteiger partial charge in [0.25, 0.3) is 0 Å². The van der Waals surface area contributed by atoms with Crippen LogP contribution in [0.15, 0.2) is 0 Å². The molecule has 3 heteroatoms. The summed E-state index contributed by atoms with van der Waals surface area (Å²) in [6.07, 6.45) is 0.231. The van der Waals surface area contributed by atoms with Crippen molar-refractivity contribution in [1.29, 1.82) is 0 Å². The molecule has 1 saturated heterocycles. The van der Waals surface area contributed by atoms with Gasteiger partial charge in [0.1, 0.15) is 0 Å². The van der Waals surface area contributed by atoms with Gasteiger partial charge in [0.2, 0.25) is 0 Å². The molecule has 0 bridgehead atoms. The molecular formula is C5H12N2O. The van der Waals surface area contributed by atoms with Crippen molar-refractivity contribution in [3.05, 3.63) is 0 Å². The summed E-state index contributed by atoms with van der Waals surface area (Å²) in [6, 6.07) is 0.194. The zero-order chi connectivity index (χ0) is 5.98. The maximum atomic E-state index is 5.60. The Morgan fingerprint density at radius 1 is 1.62 bits per heavy atom. The first-order valence-corrected chi connectivity index (χ1v) is 2.83. The fourth-order valence-electron chi connectivity index (χ4n) is 0.933. The fourth-order valence-corrected chi connectivity index (χ4v) is 0.933. The summed E-state index contributed by atoms with van der Waals surface area (Å²) in [5, 5.41) is 3.12. The van der Waals surface area contributed by atoms with Crippen LogP contribution in [0.3, 0.4) is 0 Å². The van der Waals surface area contributed by atoms with E-state index in [-0.39, 0.29) is 12.1 Å². The highest BCUT2D eigenvalue weighted by atomic mass is 16.5. The monoisotopic (exact) mass is 116 g/mol. The predicted octanol–water partition coefficient (Wildman–Crippen LogP) is -1.07. The van der Waals surface area contributed by atoms with Gasteiger partial charge in [-0.3, -0.25) is 0 Å². The van der Waals surface area contributed by atoms with Crippen LogP contribution in [0.2, 0.25) is 0 Å². The molecule has 1 fully saturated rings. The maximum Gasteiger partial charge on any atom is 0.0858 e. The number of hydrogen-bond donors (Lipinski definition) is 2. The molecule has 3 nitrogen and oxygen atoms in total. The van der Waals surface area contributed by atoms with Gasteiger partial charge < -0.3 is 15.8 Å². The first-order valence-electron chi connectivity index (χ1n) is 2.83. The molecule has 0 amide bonds. The van der Waals surface area contributed by atoms with Crippen LogP contribution in [0.25, 0.3) is 0 Å².